The Hall–Kier alpha value is -1.84. The zero-order valence-electron chi connectivity index (χ0n) is 10.8. The van der Waals surface area contributed by atoms with Crippen LogP contribution >= 0.6 is 0 Å². The second-order valence-electron chi connectivity index (χ2n) is 5.30. The Bertz CT molecular complexity index is 567. The monoisotopic (exact) mass is 242 g/mol. The van der Waals surface area contributed by atoms with Crippen LogP contribution in [0.1, 0.15) is 49.8 Å². The van der Waals surface area contributed by atoms with Crippen LogP contribution in [0.25, 0.3) is 5.69 Å². The van der Waals surface area contributed by atoms with E-state index in [1.54, 1.807) is 0 Å². The summed E-state index contributed by atoms with van der Waals surface area (Å²) < 4.78 is 1.90. The van der Waals surface area contributed by atoms with Crippen molar-refractivity contribution in [1.29, 1.82) is 0 Å². The summed E-state index contributed by atoms with van der Waals surface area (Å²) in [5.74, 6) is 1.63. The fourth-order valence-corrected chi connectivity index (χ4v) is 2.25. The number of rotatable bonds is 3. The highest BCUT2D eigenvalue weighted by Crippen LogP contribution is 2.42. The summed E-state index contributed by atoms with van der Waals surface area (Å²) in [5, 5.41) is 8.21. The molecule has 1 fully saturated rings. The highest BCUT2D eigenvalue weighted by Gasteiger charge is 2.31. The fourth-order valence-electron chi connectivity index (χ4n) is 2.25. The number of nitrogens with two attached hydrogens (primary N) is 1. The third-order valence-corrected chi connectivity index (χ3v) is 3.48. The Morgan fingerprint density at radius 1 is 1.33 bits per heavy atom. The normalized spacial score (nSPS) is 15.3. The van der Waals surface area contributed by atoms with E-state index in [1.165, 1.54) is 18.4 Å². The summed E-state index contributed by atoms with van der Waals surface area (Å²) in [6, 6.07) is 8.45. The first-order valence-corrected chi connectivity index (χ1v) is 6.48. The molecule has 1 aliphatic carbocycles. The predicted octanol–water partition coefficient (Wildman–Crippen LogP) is 2.85. The average Bonchev–Trinajstić information content (AvgIpc) is 3.12. The molecule has 1 aromatic heterocycles. The van der Waals surface area contributed by atoms with Gasteiger partial charge in [-0.2, -0.15) is 0 Å². The maximum Gasteiger partial charge on any atom is 0.169 e. The van der Waals surface area contributed by atoms with Crippen molar-refractivity contribution in [1.82, 2.24) is 15.0 Å². The molecule has 0 atom stereocenters. The molecule has 94 valence electrons. The Balaban J connectivity index is 2.06. The number of aromatic nitrogens is 3. The smallest absolute Gasteiger partial charge is 0.169 e. The third-order valence-electron chi connectivity index (χ3n) is 3.48. The van der Waals surface area contributed by atoms with Crippen LogP contribution in [0.2, 0.25) is 0 Å². The minimum atomic E-state index is 0.509. The van der Waals surface area contributed by atoms with E-state index in [2.05, 4.69) is 48.4 Å². The van der Waals surface area contributed by atoms with Crippen molar-refractivity contribution < 1.29 is 0 Å². The molecule has 0 unspecified atom stereocenters. The summed E-state index contributed by atoms with van der Waals surface area (Å²) in [4.78, 5) is 0. The molecule has 18 heavy (non-hydrogen) atoms. The summed E-state index contributed by atoms with van der Waals surface area (Å²) >= 11 is 0. The number of nitrogen functional groups attached to an aromatic ring is 1. The van der Waals surface area contributed by atoms with Crippen LogP contribution < -0.4 is 5.73 Å². The van der Waals surface area contributed by atoms with Gasteiger partial charge in [0.15, 0.2) is 5.82 Å². The summed E-state index contributed by atoms with van der Waals surface area (Å²) in [7, 11) is 0. The SMILES string of the molecule is CC(C)c1cccc(-n2nnc(N)c2C2CC2)c1. The molecule has 2 N–H and O–H groups in total. The van der Waals surface area contributed by atoms with Crippen LogP contribution in [0, 0.1) is 0 Å². The van der Waals surface area contributed by atoms with Gasteiger partial charge in [0.05, 0.1) is 11.4 Å². The highest BCUT2D eigenvalue weighted by molar-refractivity contribution is 5.45. The van der Waals surface area contributed by atoms with Crippen molar-refractivity contribution >= 4 is 5.82 Å². The number of anilines is 1. The molecule has 4 nitrogen and oxygen atoms in total. The molecule has 2 aromatic rings. The zero-order valence-corrected chi connectivity index (χ0v) is 10.8. The van der Waals surface area contributed by atoms with Gasteiger partial charge in [-0.15, -0.1) is 5.10 Å². The largest absolute Gasteiger partial charge is 0.381 e. The molecule has 1 aliphatic rings. The van der Waals surface area contributed by atoms with E-state index in [0.29, 0.717) is 17.7 Å². The van der Waals surface area contributed by atoms with E-state index < -0.39 is 0 Å². The van der Waals surface area contributed by atoms with Crippen LogP contribution in [-0.4, -0.2) is 15.0 Å². The van der Waals surface area contributed by atoms with E-state index >= 15 is 0 Å². The van der Waals surface area contributed by atoms with Crippen molar-refractivity contribution in [2.24, 2.45) is 0 Å². The third kappa shape index (κ3) is 1.88. The molecule has 1 heterocycles. The highest BCUT2D eigenvalue weighted by atomic mass is 15.4. The van der Waals surface area contributed by atoms with E-state index in [0.717, 1.165) is 11.4 Å². The average molecular weight is 242 g/mol. The topological polar surface area (TPSA) is 56.7 Å². The first-order valence-electron chi connectivity index (χ1n) is 6.48. The van der Waals surface area contributed by atoms with Crippen molar-refractivity contribution in [3.05, 3.63) is 35.5 Å². The Morgan fingerprint density at radius 3 is 2.78 bits per heavy atom. The quantitative estimate of drug-likeness (QED) is 0.900. The Labute approximate surface area is 107 Å². The van der Waals surface area contributed by atoms with Crippen molar-refractivity contribution in [2.45, 2.75) is 38.5 Å². The van der Waals surface area contributed by atoms with Crippen LogP contribution in [-0.2, 0) is 0 Å². The molecule has 0 amide bonds. The second kappa shape index (κ2) is 4.12. The van der Waals surface area contributed by atoms with Gasteiger partial charge in [0.1, 0.15) is 0 Å². The minimum absolute atomic E-state index is 0.509. The lowest BCUT2D eigenvalue weighted by molar-refractivity contribution is 0.759. The van der Waals surface area contributed by atoms with Crippen LogP contribution in [0.3, 0.4) is 0 Å². The lowest BCUT2D eigenvalue weighted by Crippen LogP contribution is -2.03. The number of hydrogen-bond acceptors (Lipinski definition) is 3. The van der Waals surface area contributed by atoms with Gasteiger partial charge in [-0.1, -0.05) is 31.2 Å². The van der Waals surface area contributed by atoms with E-state index in [-0.39, 0.29) is 0 Å². The molecule has 3 rings (SSSR count). The molecule has 4 heteroatoms. The number of hydrogen-bond donors (Lipinski definition) is 1. The van der Waals surface area contributed by atoms with Crippen LogP contribution in [0.15, 0.2) is 24.3 Å². The predicted molar refractivity (Wildman–Crippen MR) is 71.8 cm³/mol. The first-order chi connectivity index (χ1) is 8.66. The van der Waals surface area contributed by atoms with Gasteiger partial charge in [0, 0.05) is 5.92 Å². The summed E-state index contributed by atoms with van der Waals surface area (Å²) in [6.45, 7) is 4.38. The van der Waals surface area contributed by atoms with Gasteiger partial charge in [-0.05, 0) is 36.5 Å². The van der Waals surface area contributed by atoms with Crippen LogP contribution in [0.5, 0.6) is 0 Å². The molecule has 0 spiro atoms. The lowest BCUT2D eigenvalue weighted by Gasteiger charge is -2.10. The molecular formula is C14H18N4. The van der Waals surface area contributed by atoms with Gasteiger partial charge >= 0.3 is 0 Å². The van der Waals surface area contributed by atoms with Gasteiger partial charge in [0.25, 0.3) is 0 Å². The molecule has 0 radical (unpaired) electrons. The second-order valence-corrected chi connectivity index (χ2v) is 5.30. The van der Waals surface area contributed by atoms with Gasteiger partial charge in [-0.3, -0.25) is 0 Å². The van der Waals surface area contributed by atoms with Crippen LogP contribution in [0.4, 0.5) is 5.82 Å². The van der Waals surface area contributed by atoms with E-state index in [1.807, 2.05) is 4.68 Å². The fraction of sp³-hybridized carbons (Fsp3) is 0.429. The standard InChI is InChI=1S/C14H18N4/c1-9(2)11-4-3-5-12(8-11)18-13(10-6-7-10)14(15)16-17-18/h3-5,8-10H,6-7,15H2,1-2H3. The van der Waals surface area contributed by atoms with Gasteiger partial charge in [0.2, 0.25) is 0 Å². The molecular weight excluding hydrogens is 224 g/mol. The number of nitrogens with zero attached hydrogens (tertiary/aromatic N) is 3. The van der Waals surface area contributed by atoms with E-state index in [9.17, 15) is 0 Å². The van der Waals surface area contributed by atoms with Gasteiger partial charge in [-0.25, -0.2) is 4.68 Å². The van der Waals surface area contributed by atoms with E-state index in [4.69, 9.17) is 5.73 Å². The summed E-state index contributed by atoms with van der Waals surface area (Å²) in [6.07, 6.45) is 2.39. The molecule has 0 bridgehead atoms. The maximum absolute atomic E-state index is 5.92. The van der Waals surface area contributed by atoms with Crippen molar-refractivity contribution in [3.8, 4) is 5.69 Å². The van der Waals surface area contributed by atoms with Crippen molar-refractivity contribution in [3.63, 3.8) is 0 Å². The Kier molecular flexibility index (Phi) is 2.58. The van der Waals surface area contributed by atoms with Gasteiger partial charge < -0.3 is 5.73 Å². The molecule has 1 aromatic carbocycles. The zero-order chi connectivity index (χ0) is 12.7. The molecule has 0 aliphatic heterocycles. The lowest BCUT2D eigenvalue weighted by atomic mass is 10.0. The number of benzene rings is 1. The molecule has 0 saturated heterocycles. The Morgan fingerprint density at radius 2 is 2.11 bits per heavy atom. The summed E-state index contributed by atoms with van der Waals surface area (Å²) in [5.41, 5.74) is 9.37. The maximum atomic E-state index is 5.92. The van der Waals surface area contributed by atoms with Crippen molar-refractivity contribution in [2.75, 3.05) is 5.73 Å². The minimum Gasteiger partial charge on any atom is -0.381 e. The first kappa shape index (κ1) is 11.3. The molecule has 1 saturated carbocycles.